The molecule has 0 bridgehead atoms. The average molecular weight is 256 g/mol. The SMILES string of the molecule is CCOC(=O)Nc1cc(C2CC2)nc2ccccc12. The maximum absolute atomic E-state index is 11.6. The number of anilines is 1. The van der Waals surface area contributed by atoms with Crippen LogP contribution in [-0.2, 0) is 4.74 Å². The Kier molecular flexibility index (Phi) is 3.07. The normalized spacial score (nSPS) is 14.4. The van der Waals surface area contributed by atoms with E-state index in [2.05, 4.69) is 10.3 Å². The van der Waals surface area contributed by atoms with Crippen molar-refractivity contribution in [2.45, 2.75) is 25.7 Å². The van der Waals surface area contributed by atoms with Crippen molar-refractivity contribution in [2.75, 3.05) is 11.9 Å². The lowest BCUT2D eigenvalue weighted by Gasteiger charge is -2.10. The van der Waals surface area contributed by atoms with E-state index in [0.29, 0.717) is 12.5 Å². The van der Waals surface area contributed by atoms with Crippen LogP contribution in [-0.4, -0.2) is 17.7 Å². The topological polar surface area (TPSA) is 51.2 Å². The van der Waals surface area contributed by atoms with Crippen LogP contribution >= 0.6 is 0 Å². The highest BCUT2D eigenvalue weighted by Gasteiger charge is 2.26. The monoisotopic (exact) mass is 256 g/mol. The predicted octanol–water partition coefficient (Wildman–Crippen LogP) is 3.68. The largest absolute Gasteiger partial charge is 0.450 e. The molecule has 1 aromatic heterocycles. The van der Waals surface area contributed by atoms with Gasteiger partial charge in [-0.15, -0.1) is 0 Å². The molecule has 19 heavy (non-hydrogen) atoms. The Labute approximate surface area is 111 Å². The van der Waals surface area contributed by atoms with Crippen LogP contribution < -0.4 is 5.32 Å². The number of para-hydroxylation sites is 1. The van der Waals surface area contributed by atoms with Crippen LogP contribution in [0.1, 0.15) is 31.4 Å². The highest BCUT2D eigenvalue weighted by molar-refractivity contribution is 5.98. The highest BCUT2D eigenvalue weighted by Crippen LogP contribution is 2.41. The Bertz CT molecular complexity index is 621. The summed E-state index contributed by atoms with van der Waals surface area (Å²) >= 11 is 0. The molecule has 1 aliphatic rings. The summed E-state index contributed by atoms with van der Waals surface area (Å²) in [4.78, 5) is 16.3. The van der Waals surface area contributed by atoms with Crippen molar-refractivity contribution in [2.24, 2.45) is 0 Å². The van der Waals surface area contributed by atoms with Crippen LogP contribution in [0, 0.1) is 0 Å². The van der Waals surface area contributed by atoms with Crippen molar-refractivity contribution in [3.63, 3.8) is 0 Å². The molecule has 1 aliphatic carbocycles. The summed E-state index contributed by atoms with van der Waals surface area (Å²) in [6.07, 6.45) is 1.95. The Balaban J connectivity index is 2.02. The third kappa shape index (κ3) is 2.52. The first-order valence-electron chi connectivity index (χ1n) is 6.61. The van der Waals surface area contributed by atoms with Crippen molar-refractivity contribution in [3.8, 4) is 0 Å². The van der Waals surface area contributed by atoms with Gasteiger partial charge in [-0.05, 0) is 31.9 Å². The lowest BCUT2D eigenvalue weighted by Crippen LogP contribution is -2.14. The molecule has 0 unspecified atom stereocenters. The lowest BCUT2D eigenvalue weighted by atomic mass is 10.1. The molecule has 1 heterocycles. The molecule has 0 aliphatic heterocycles. The molecule has 4 nitrogen and oxygen atoms in total. The number of nitrogens with one attached hydrogen (secondary N) is 1. The smallest absolute Gasteiger partial charge is 0.411 e. The van der Waals surface area contributed by atoms with Gasteiger partial charge in [0.05, 0.1) is 17.8 Å². The molecular formula is C15H16N2O2. The van der Waals surface area contributed by atoms with Gasteiger partial charge in [0.25, 0.3) is 0 Å². The number of nitrogens with zero attached hydrogens (tertiary/aromatic N) is 1. The maximum atomic E-state index is 11.6. The average Bonchev–Trinajstić information content (AvgIpc) is 3.23. The number of hydrogen-bond donors (Lipinski definition) is 1. The van der Waals surface area contributed by atoms with E-state index in [1.165, 1.54) is 12.8 Å². The number of carbonyl (C=O) groups is 1. The highest BCUT2D eigenvalue weighted by atomic mass is 16.5. The number of fused-ring (bicyclic) bond motifs is 1. The summed E-state index contributed by atoms with van der Waals surface area (Å²) in [5, 5.41) is 3.75. The number of pyridine rings is 1. The summed E-state index contributed by atoms with van der Waals surface area (Å²) in [5.41, 5.74) is 2.76. The number of benzene rings is 1. The van der Waals surface area contributed by atoms with Gasteiger partial charge in [0.1, 0.15) is 0 Å². The number of aromatic nitrogens is 1. The minimum atomic E-state index is -0.416. The van der Waals surface area contributed by atoms with Gasteiger partial charge >= 0.3 is 6.09 Å². The zero-order valence-electron chi connectivity index (χ0n) is 10.8. The summed E-state index contributed by atoms with van der Waals surface area (Å²) in [6.45, 7) is 2.16. The number of ether oxygens (including phenoxy) is 1. The van der Waals surface area contributed by atoms with Gasteiger partial charge in [0, 0.05) is 17.0 Å². The van der Waals surface area contributed by atoms with Crippen LogP contribution in [0.3, 0.4) is 0 Å². The Morgan fingerprint density at radius 1 is 1.42 bits per heavy atom. The van der Waals surface area contributed by atoms with Crippen LogP contribution in [0.15, 0.2) is 30.3 Å². The number of amides is 1. The van der Waals surface area contributed by atoms with E-state index in [-0.39, 0.29) is 0 Å². The number of carbonyl (C=O) groups excluding carboxylic acids is 1. The zero-order valence-corrected chi connectivity index (χ0v) is 10.8. The van der Waals surface area contributed by atoms with E-state index in [1.807, 2.05) is 30.3 Å². The Morgan fingerprint density at radius 2 is 2.21 bits per heavy atom. The Morgan fingerprint density at radius 3 is 2.95 bits per heavy atom. The zero-order chi connectivity index (χ0) is 13.2. The molecule has 98 valence electrons. The third-order valence-corrected chi connectivity index (χ3v) is 3.24. The first-order chi connectivity index (χ1) is 9.28. The molecule has 1 N–H and O–H groups in total. The molecule has 3 rings (SSSR count). The minimum Gasteiger partial charge on any atom is -0.450 e. The molecule has 4 heteroatoms. The molecule has 1 amide bonds. The van der Waals surface area contributed by atoms with E-state index >= 15 is 0 Å². The fourth-order valence-corrected chi connectivity index (χ4v) is 2.16. The minimum absolute atomic E-state index is 0.365. The van der Waals surface area contributed by atoms with Gasteiger partial charge < -0.3 is 4.74 Å². The van der Waals surface area contributed by atoms with Crippen molar-refractivity contribution in [1.82, 2.24) is 4.98 Å². The predicted molar refractivity (Wildman–Crippen MR) is 74.4 cm³/mol. The summed E-state index contributed by atoms with van der Waals surface area (Å²) < 4.78 is 4.94. The summed E-state index contributed by atoms with van der Waals surface area (Å²) in [5.74, 6) is 0.548. The van der Waals surface area contributed by atoms with E-state index in [4.69, 9.17) is 4.74 Å². The molecular weight excluding hydrogens is 240 g/mol. The fraction of sp³-hybridized carbons (Fsp3) is 0.333. The standard InChI is InChI=1S/C15H16N2O2/c1-2-19-15(18)17-14-9-13(10-7-8-10)16-12-6-4-3-5-11(12)14/h3-6,9-10H,2,7-8H2,1H3,(H,16,17,18). The van der Waals surface area contributed by atoms with Crippen molar-refractivity contribution in [1.29, 1.82) is 0 Å². The second-order valence-corrected chi connectivity index (χ2v) is 4.73. The maximum Gasteiger partial charge on any atom is 0.411 e. The number of rotatable bonds is 3. The van der Waals surface area contributed by atoms with Gasteiger partial charge in [-0.1, -0.05) is 18.2 Å². The molecule has 0 saturated heterocycles. The molecule has 0 radical (unpaired) electrons. The van der Waals surface area contributed by atoms with Crippen molar-refractivity contribution < 1.29 is 9.53 Å². The first-order valence-corrected chi connectivity index (χ1v) is 6.61. The van der Waals surface area contributed by atoms with Gasteiger partial charge in [-0.3, -0.25) is 10.3 Å². The first kappa shape index (κ1) is 12.0. The molecule has 1 aromatic carbocycles. The molecule has 0 atom stereocenters. The lowest BCUT2D eigenvalue weighted by molar-refractivity contribution is 0.168. The molecule has 0 spiro atoms. The van der Waals surface area contributed by atoms with E-state index in [0.717, 1.165) is 22.3 Å². The van der Waals surface area contributed by atoms with E-state index in [9.17, 15) is 4.79 Å². The van der Waals surface area contributed by atoms with Gasteiger partial charge in [0.15, 0.2) is 0 Å². The van der Waals surface area contributed by atoms with Crippen molar-refractivity contribution >= 4 is 22.7 Å². The number of hydrogen-bond acceptors (Lipinski definition) is 3. The van der Waals surface area contributed by atoms with Crippen LogP contribution in [0.25, 0.3) is 10.9 Å². The van der Waals surface area contributed by atoms with Gasteiger partial charge in [-0.2, -0.15) is 0 Å². The van der Waals surface area contributed by atoms with Gasteiger partial charge in [-0.25, -0.2) is 4.79 Å². The second-order valence-electron chi connectivity index (χ2n) is 4.73. The van der Waals surface area contributed by atoms with Gasteiger partial charge in [0.2, 0.25) is 0 Å². The molecule has 1 fully saturated rings. The van der Waals surface area contributed by atoms with Crippen molar-refractivity contribution in [3.05, 3.63) is 36.0 Å². The molecule has 2 aromatic rings. The van der Waals surface area contributed by atoms with Crippen LogP contribution in [0.5, 0.6) is 0 Å². The fourth-order valence-electron chi connectivity index (χ4n) is 2.16. The van der Waals surface area contributed by atoms with Crippen LogP contribution in [0.2, 0.25) is 0 Å². The third-order valence-electron chi connectivity index (χ3n) is 3.24. The second kappa shape index (κ2) is 4.88. The summed E-state index contributed by atoms with van der Waals surface area (Å²) in [6, 6.07) is 9.80. The van der Waals surface area contributed by atoms with E-state index < -0.39 is 6.09 Å². The Hall–Kier alpha value is -2.10. The van der Waals surface area contributed by atoms with E-state index in [1.54, 1.807) is 6.92 Å². The molecule has 1 saturated carbocycles. The quantitative estimate of drug-likeness (QED) is 0.911. The summed E-state index contributed by atoms with van der Waals surface area (Å²) in [7, 11) is 0. The van der Waals surface area contributed by atoms with Crippen LogP contribution in [0.4, 0.5) is 10.5 Å².